The highest BCUT2D eigenvalue weighted by Crippen LogP contribution is 2.20. The van der Waals surface area contributed by atoms with Crippen molar-refractivity contribution in [2.75, 3.05) is 19.7 Å². The van der Waals surface area contributed by atoms with Crippen molar-refractivity contribution in [3.63, 3.8) is 0 Å². The molecule has 0 atom stereocenters. The zero-order valence-corrected chi connectivity index (χ0v) is 11.2. The molecule has 0 spiro atoms. The van der Waals surface area contributed by atoms with Crippen molar-refractivity contribution in [1.29, 1.82) is 0 Å². The average molecular weight is 308 g/mol. The van der Waals surface area contributed by atoms with Crippen LogP contribution in [0.4, 0.5) is 13.2 Å². The third-order valence-corrected chi connectivity index (χ3v) is 2.76. The molecule has 0 unspecified atom stereocenters. The number of benzene rings is 1. The van der Waals surface area contributed by atoms with Gasteiger partial charge in [0.05, 0.1) is 18.2 Å². The second-order valence-electron chi connectivity index (χ2n) is 3.87. The zero-order chi connectivity index (χ0) is 15.1. The van der Waals surface area contributed by atoms with Gasteiger partial charge in [0.25, 0.3) is 6.43 Å². The van der Waals surface area contributed by atoms with Crippen molar-refractivity contribution >= 4 is 23.6 Å². The van der Waals surface area contributed by atoms with Gasteiger partial charge in [-0.05, 0) is 18.2 Å². The standard InChI is InChI=1S/C13H13ClF3NO2/c14-10-2-1-3-11(15)9(10)4-5-13(20)18(6-7-19)8-12(16)17/h1-5,12,19H,6-8H2/b5-4+. The minimum atomic E-state index is -2.71. The Morgan fingerprint density at radius 3 is 2.70 bits per heavy atom. The van der Waals surface area contributed by atoms with Crippen LogP contribution in [-0.2, 0) is 4.79 Å². The van der Waals surface area contributed by atoms with E-state index in [9.17, 15) is 18.0 Å². The number of aliphatic hydroxyl groups excluding tert-OH is 1. The fraction of sp³-hybridized carbons (Fsp3) is 0.308. The molecule has 0 aliphatic rings. The Morgan fingerprint density at radius 1 is 1.45 bits per heavy atom. The van der Waals surface area contributed by atoms with E-state index >= 15 is 0 Å². The maximum Gasteiger partial charge on any atom is 0.255 e. The largest absolute Gasteiger partial charge is 0.395 e. The monoisotopic (exact) mass is 307 g/mol. The van der Waals surface area contributed by atoms with E-state index in [1.165, 1.54) is 18.2 Å². The van der Waals surface area contributed by atoms with Gasteiger partial charge in [-0.2, -0.15) is 0 Å². The predicted molar refractivity (Wildman–Crippen MR) is 70.1 cm³/mol. The van der Waals surface area contributed by atoms with Gasteiger partial charge in [-0.15, -0.1) is 0 Å². The van der Waals surface area contributed by atoms with Crippen LogP contribution < -0.4 is 0 Å². The van der Waals surface area contributed by atoms with Crippen LogP contribution >= 0.6 is 11.6 Å². The summed E-state index contributed by atoms with van der Waals surface area (Å²) in [5.74, 6) is -1.37. The smallest absolute Gasteiger partial charge is 0.255 e. The van der Waals surface area contributed by atoms with E-state index in [-0.39, 0.29) is 17.1 Å². The number of hydrogen-bond acceptors (Lipinski definition) is 2. The molecule has 1 N–H and O–H groups in total. The molecule has 0 saturated heterocycles. The number of hydrogen-bond donors (Lipinski definition) is 1. The number of carbonyl (C=O) groups is 1. The number of rotatable bonds is 6. The number of aliphatic hydroxyl groups is 1. The van der Waals surface area contributed by atoms with Crippen LogP contribution in [0.25, 0.3) is 6.08 Å². The molecule has 1 rings (SSSR count). The van der Waals surface area contributed by atoms with Crippen molar-refractivity contribution in [3.8, 4) is 0 Å². The molecule has 0 saturated carbocycles. The highest BCUT2D eigenvalue weighted by molar-refractivity contribution is 6.32. The van der Waals surface area contributed by atoms with Crippen LogP contribution in [0.2, 0.25) is 5.02 Å². The topological polar surface area (TPSA) is 40.5 Å². The van der Waals surface area contributed by atoms with Crippen LogP contribution in [0.15, 0.2) is 24.3 Å². The first kappa shape index (κ1) is 16.5. The SMILES string of the molecule is O=C(/C=C/c1c(F)cccc1Cl)N(CCO)CC(F)F. The molecule has 3 nitrogen and oxygen atoms in total. The molecular formula is C13H13ClF3NO2. The molecule has 0 radical (unpaired) electrons. The summed E-state index contributed by atoms with van der Waals surface area (Å²) in [5, 5.41) is 8.84. The van der Waals surface area contributed by atoms with E-state index < -0.39 is 31.3 Å². The average Bonchev–Trinajstić information content (AvgIpc) is 2.37. The molecule has 1 aromatic rings. The van der Waals surface area contributed by atoms with Gasteiger partial charge in [0, 0.05) is 18.2 Å². The van der Waals surface area contributed by atoms with Crippen molar-refractivity contribution in [1.82, 2.24) is 4.90 Å². The summed E-state index contributed by atoms with van der Waals surface area (Å²) < 4.78 is 38.0. The molecule has 7 heteroatoms. The molecule has 110 valence electrons. The van der Waals surface area contributed by atoms with Crippen molar-refractivity contribution in [2.45, 2.75) is 6.43 Å². The maximum absolute atomic E-state index is 13.4. The molecule has 0 aliphatic carbocycles. The van der Waals surface area contributed by atoms with Gasteiger partial charge >= 0.3 is 0 Å². The lowest BCUT2D eigenvalue weighted by atomic mass is 10.2. The minimum Gasteiger partial charge on any atom is -0.395 e. The van der Waals surface area contributed by atoms with Crippen LogP contribution in [0.3, 0.4) is 0 Å². The Bertz CT molecular complexity index is 474. The highest BCUT2D eigenvalue weighted by atomic mass is 35.5. The summed E-state index contributed by atoms with van der Waals surface area (Å²) in [4.78, 5) is 12.5. The molecule has 0 aliphatic heterocycles. The maximum atomic E-state index is 13.4. The summed E-state index contributed by atoms with van der Waals surface area (Å²) in [6.07, 6.45) is -0.644. The summed E-state index contributed by atoms with van der Waals surface area (Å²) in [7, 11) is 0. The van der Waals surface area contributed by atoms with Gasteiger partial charge in [0.15, 0.2) is 0 Å². The molecule has 1 aromatic carbocycles. The lowest BCUT2D eigenvalue weighted by Gasteiger charge is -2.19. The second-order valence-corrected chi connectivity index (χ2v) is 4.27. The lowest BCUT2D eigenvalue weighted by Crippen LogP contribution is -2.36. The van der Waals surface area contributed by atoms with Crippen molar-refractivity contribution < 1.29 is 23.1 Å². The molecule has 0 fully saturated rings. The van der Waals surface area contributed by atoms with Crippen LogP contribution in [0.1, 0.15) is 5.56 Å². The number of amides is 1. The number of alkyl halides is 2. The van der Waals surface area contributed by atoms with E-state index in [1.807, 2.05) is 0 Å². The van der Waals surface area contributed by atoms with Gasteiger partial charge in [-0.25, -0.2) is 13.2 Å². The number of halogens is 4. The van der Waals surface area contributed by atoms with E-state index in [0.29, 0.717) is 0 Å². The summed E-state index contributed by atoms with van der Waals surface area (Å²) in [6.45, 7) is -1.46. The quantitative estimate of drug-likeness (QED) is 0.821. The van der Waals surface area contributed by atoms with Crippen LogP contribution in [0, 0.1) is 5.82 Å². The Kier molecular flexibility index (Phi) is 6.54. The lowest BCUT2D eigenvalue weighted by molar-refractivity contribution is -0.128. The van der Waals surface area contributed by atoms with E-state index in [1.54, 1.807) is 0 Å². The molecule has 0 aromatic heterocycles. The molecule has 1 amide bonds. The summed E-state index contributed by atoms with van der Waals surface area (Å²) in [5.41, 5.74) is 0.00325. The van der Waals surface area contributed by atoms with E-state index in [4.69, 9.17) is 16.7 Å². The molecule has 20 heavy (non-hydrogen) atoms. The fourth-order valence-corrected chi connectivity index (χ4v) is 1.73. The molecular weight excluding hydrogens is 295 g/mol. The van der Waals surface area contributed by atoms with Gasteiger partial charge < -0.3 is 10.0 Å². The van der Waals surface area contributed by atoms with Gasteiger partial charge in [0.1, 0.15) is 5.82 Å². The normalized spacial score (nSPS) is 11.3. The van der Waals surface area contributed by atoms with Crippen molar-refractivity contribution in [3.05, 3.63) is 40.7 Å². The van der Waals surface area contributed by atoms with Crippen LogP contribution in [0.5, 0.6) is 0 Å². The third-order valence-electron chi connectivity index (χ3n) is 2.43. The first-order valence-corrected chi connectivity index (χ1v) is 6.13. The predicted octanol–water partition coefficient (Wildman–Crippen LogP) is 2.58. The molecule has 0 heterocycles. The Labute approximate surface area is 119 Å². The number of carbonyl (C=O) groups excluding carboxylic acids is 1. The van der Waals surface area contributed by atoms with Gasteiger partial charge in [-0.3, -0.25) is 4.79 Å². The van der Waals surface area contributed by atoms with Crippen LogP contribution in [-0.4, -0.2) is 42.0 Å². The van der Waals surface area contributed by atoms with Crippen molar-refractivity contribution in [2.24, 2.45) is 0 Å². The Hall–Kier alpha value is -1.53. The minimum absolute atomic E-state index is 0.00325. The van der Waals surface area contributed by atoms with E-state index in [2.05, 4.69) is 0 Å². The van der Waals surface area contributed by atoms with Gasteiger partial charge in [-0.1, -0.05) is 17.7 Å². The summed E-state index contributed by atoms with van der Waals surface area (Å²) >= 11 is 5.76. The van der Waals surface area contributed by atoms with Gasteiger partial charge in [0.2, 0.25) is 5.91 Å². The molecule has 0 bridgehead atoms. The Balaban J connectivity index is 2.84. The first-order valence-electron chi connectivity index (χ1n) is 5.75. The first-order chi connectivity index (χ1) is 9.45. The van der Waals surface area contributed by atoms with E-state index in [0.717, 1.165) is 17.1 Å². The Morgan fingerprint density at radius 2 is 2.15 bits per heavy atom. The summed E-state index contributed by atoms with van der Waals surface area (Å²) in [6, 6.07) is 4.02. The number of nitrogens with zero attached hydrogens (tertiary/aromatic N) is 1. The highest BCUT2D eigenvalue weighted by Gasteiger charge is 2.15. The third kappa shape index (κ3) is 4.86. The second kappa shape index (κ2) is 7.91. The fourth-order valence-electron chi connectivity index (χ4n) is 1.51. The zero-order valence-electron chi connectivity index (χ0n) is 10.4.